The summed E-state index contributed by atoms with van der Waals surface area (Å²) in [4.78, 5) is 4.70. The van der Waals surface area contributed by atoms with Gasteiger partial charge in [0.1, 0.15) is 0 Å². The first-order valence-electron chi connectivity index (χ1n) is 5.90. The average molecular weight is 244 g/mol. The third-order valence-corrected chi connectivity index (χ3v) is 5.21. The van der Waals surface area contributed by atoms with Crippen molar-refractivity contribution in [2.45, 2.75) is 32.2 Å². The Bertz CT molecular complexity index is 225. The Kier molecular flexibility index (Phi) is 4.69. The molecular weight excluding hydrogens is 224 g/mol. The van der Waals surface area contributed by atoms with Crippen LogP contribution in [0.1, 0.15) is 26.2 Å². The molecule has 2 saturated heterocycles. The highest BCUT2D eigenvalue weighted by molar-refractivity contribution is 8.14. The molecule has 0 aliphatic carbocycles. The molecule has 2 nitrogen and oxygen atoms in total. The van der Waals surface area contributed by atoms with E-state index in [4.69, 9.17) is 4.99 Å². The monoisotopic (exact) mass is 244 g/mol. The number of nitrogens with one attached hydrogen (secondary N) is 1. The maximum Gasteiger partial charge on any atom is 0.156 e. The van der Waals surface area contributed by atoms with Crippen LogP contribution in [-0.2, 0) is 0 Å². The van der Waals surface area contributed by atoms with Crippen molar-refractivity contribution in [3.8, 4) is 0 Å². The van der Waals surface area contributed by atoms with E-state index in [1.54, 1.807) is 0 Å². The Labute approximate surface area is 101 Å². The maximum atomic E-state index is 4.70. The molecule has 86 valence electrons. The normalized spacial score (nSPS) is 30.7. The van der Waals surface area contributed by atoms with E-state index in [-0.39, 0.29) is 0 Å². The molecule has 2 rings (SSSR count). The van der Waals surface area contributed by atoms with Gasteiger partial charge in [-0.3, -0.25) is 4.99 Å². The minimum atomic E-state index is 0.663. The molecule has 1 N–H and O–H groups in total. The Balaban J connectivity index is 1.73. The lowest BCUT2D eigenvalue weighted by molar-refractivity contribution is 0.502. The van der Waals surface area contributed by atoms with Crippen LogP contribution in [0.3, 0.4) is 0 Å². The van der Waals surface area contributed by atoms with Crippen LogP contribution < -0.4 is 5.32 Å². The minimum absolute atomic E-state index is 0.663. The SMILES string of the molecule is CCC1CSC(=NCC2CCSCC2)N1. The first-order valence-corrected chi connectivity index (χ1v) is 8.04. The molecule has 0 aromatic rings. The smallest absolute Gasteiger partial charge is 0.156 e. The molecule has 0 bridgehead atoms. The number of hydrogen-bond acceptors (Lipinski definition) is 3. The van der Waals surface area contributed by atoms with Crippen molar-refractivity contribution in [1.82, 2.24) is 5.32 Å². The molecule has 0 spiro atoms. The van der Waals surface area contributed by atoms with E-state index in [0.29, 0.717) is 6.04 Å². The fourth-order valence-electron chi connectivity index (χ4n) is 1.89. The molecule has 15 heavy (non-hydrogen) atoms. The molecule has 0 saturated carbocycles. The summed E-state index contributed by atoms with van der Waals surface area (Å²) in [5.74, 6) is 4.74. The second kappa shape index (κ2) is 6.04. The highest BCUT2D eigenvalue weighted by Crippen LogP contribution is 2.23. The van der Waals surface area contributed by atoms with E-state index < -0.39 is 0 Å². The molecule has 0 aromatic heterocycles. The van der Waals surface area contributed by atoms with Crippen molar-refractivity contribution in [3.05, 3.63) is 0 Å². The lowest BCUT2D eigenvalue weighted by Crippen LogP contribution is -2.26. The van der Waals surface area contributed by atoms with Crippen LogP contribution in [0, 0.1) is 5.92 Å². The van der Waals surface area contributed by atoms with Gasteiger partial charge in [0.25, 0.3) is 0 Å². The molecule has 2 heterocycles. The molecule has 1 atom stereocenters. The second-order valence-corrected chi connectivity index (χ2v) is 6.50. The van der Waals surface area contributed by atoms with E-state index in [9.17, 15) is 0 Å². The molecule has 2 aliphatic rings. The predicted molar refractivity (Wildman–Crippen MR) is 72.0 cm³/mol. The fraction of sp³-hybridized carbons (Fsp3) is 0.909. The quantitative estimate of drug-likeness (QED) is 0.826. The van der Waals surface area contributed by atoms with Crippen LogP contribution in [0.5, 0.6) is 0 Å². The molecule has 4 heteroatoms. The minimum Gasteiger partial charge on any atom is -0.361 e. The van der Waals surface area contributed by atoms with E-state index in [1.807, 2.05) is 11.8 Å². The molecule has 0 aromatic carbocycles. The molecule has 2 aliphatic heterocycles. The summed E-state index contributed by atoms with van der Waals surface area (Å²) in [7, 11) is 0. The largest absolute Gasteiger partial charge is 0.361 e. The van der Waals surface area contributed by atoms with Crippen LogP contribution in [-0.4, -0.2) is 35.0 Å². The van der Waals surface area contributed by atoms with Gasteiger partial charge in [0.05, 0.1) is 0 Å². The third-order valence-electron chi connectivity index (χ3n) is 3.08. The van der Waals surface area contributed by atoms with Crippen molar-refractivity contribution in [1.29, 1.82) is 0 Å². The Morgan fingerprint density at radius 2 is 2.20 bits per heavy atom. The van der Waals surface area contributed by atoms with Crippen LogP contribution in [0.2, 0.25) is 0 Å². The predicted octanol–water partition coefficient (Wildman–Crippen LogP) is 2.60. The van der Waals surface area contributed by atoms with Crippen LogP contribution in [0.4, 0.5) is 0 Å². The summed E-state index contributed by atoms with van der Waals surface area (Å²) in [5, 5.41) is 4.68. The average Bonchev–Trinajstić information content (AvgIpc) is 2.76. The van der Waals surface area contributed by atoms with Gasteiger partial charge in [0, 0.05) is 18.3 Å². The standard InChI is InChI=1S/C11H20N2S2/c1-2-10-8-15-11(13-10)12-7-9-3-5-14-6-4-9/h9-10H,2-8H2,1H3,(H,12,13). The molecule has 0 radical (unpaired) electrons. The second-order valence-electron chi connectivity index (χ2n) is 4.26. The summed E-state index contributed by atoms with van der Waals surface area (Å²) in [6.07, 6.45) is 3.94. The molecule has 2 fully saturated rings. The van der Waals surface area contributed by atoms with E-state index in [1.165, 1.54) is 41.7 Å². The van der Waals surface area contributed by atoms with Gasteiger partial charge in [-0.2, -0.15) is 11.8 Å². The van der Waals surface area contributed by atoms with Gasteiger partial charge >= 0.3 is 0 Å². The van der Waals surface area contributed by atoms with Crippen molar-refractivity contribution in [2.24, 2.45) is 10.9 Å². The van der Waals surface area contributed by atoms with Gasteiger partial charge in [0.15, 0.2) is 5.17 Å². The Hall–Kier alpha value is 0.170. The van der Waals surface area contributed by atoms with Gasteiger partial charge in [-0.1, -0.05) is 18.7 Å². The Morgan fingerprint density at radius 1 is 1.40 bits per heavy atom. The highest BCUT2D eigenvalue weighted by Gasteiger charge is 2.19. The number of rotatable bonds is 3. The van der Waals surface area contributed by atoms with E-state index >= 15 is 0 Å². The summed E-state index contributed by atoms with van der Waals surface area (Å²) < 4.78 is 0. The summed E-state index contributed by atoms with van der Waals surface area (Å²) >= 11 is 3.99. The number of thioether (sulfide) groups is 2. The fourth-order valence-corrected chi connectivity index (χ4v) is 4.19. The van der Waals surface area contributed by atoms with Gasteiger partial charge in [-0.25, -0.2) is 0 Å². The van der Waals surface area contributed by atoms with Crippen LogP contribution in [0.25, 0.3) is 0 Å². The summed E-state index contributed by atoms with van der Waals surface area (Å²) in [6.45, 7) is 3.28. The first kappa shape index (κ1) is 11.6. The van der Waals surface area contributed by atoms with E-state index in [2.05, 4.69) is 24.0 Å². The van der Waals surface area contributed by atoms with Crippen LogP contribution in [0.15, 0.2) is 4.99 Å². The van der Waals surface area contributed by atoms with Crippen molar-refractivity contribution >= 4 is 28.7 Å². The van der Waals surface area contributed by atoms with Crippen molar-refractivity contribution in [2.75, 3.05) is 23.8 Å². The molecule has 1 unspecified atom stereocenters. The topological polar surface area (TPSA) is 24.4 Å². The number of amidine groups is 1. The molecular formula is C11H20N2S2. The van der Waals surface area contributed by atoms with E-state index in [0.717, 1.165) is 12.5 Å². The lowest BCUT2D eigenvalue weighted by Gasteiger charge is -2.19. The maximum absolute atomic E-state index is 4.70. The summed E-state index contributed by atoms with van der Waals surface area (Å²) in [5.41, 5.74) is 0. The zero-order chi connectivity index (χ0) is 10.5. The van der Waals surface area contributed by atoms with Gasteiger partial charge in [-0.15, -0.1) is 0 Å². The highest BCUT2D eigenvalue weighted by atomic mass is 32.2. The third kappa shape index (κ3) is 3.59. The van der Waals surface area contributed by atoms with Crippen molar-refractivity contribution in [3.63, 3.8) is 0 Å². The van der Waals surface area contributed by atoms with Crippen LogP contribution >= 0.6 is 23.5 Å². The number of nitrogens with zero attached hydrogens (tertiary/aromatic N) is 1. The number of aliphatic imine (C=N–C) groups is 1. The zero-order valence-electron chi connectivity index (χ0n) is 9.37. The zero-order valence-corrected chi connectivity index (χ0v) is 11.0. The molecule has 0 amide bonds. The van der Waals surface area contributed by atoms with Gasteiger partial charge in [-0.05, 0) is 36.7 Å². The van der Waals surface area contributed by atoms with Gasteiger partial charge in [0.2, 0.25) is 0 Å². The first-order chi connectivity index (χ1) is 7.38. The van der Waals surface area contributed by atoms with Crippen molar-refractivity contribution < 1.29 is 0 Å². The number of hydrogen-bond donors (Lipinski definition) is 1. The summed E-state index contributed by atoms with van der Waals surface area (Å²) in [6, 6.07) is 0.663. The lowest BCUT2D eigenvalue weighted by atomic mass is 10.0. The van der Waals surface area contributed by atoms with Gasteiger partial charge < -0.3 is 5.32 Å². The Morgan fingerprint density at radius 3 is 2.87 bits per heavy atom.